The lowest BCUT2D eigenvalue weighted by molar-refractivity contribution is -0.118. The van der Waals surface area contributed by atoms with Gasteiger partial charge in [-0.25, -0.2) is 5.01 Å². The van der Waals surface area contributed by atoms with Crippen molar-refractivity contribution in [3.8, 4) is 5.75 Å². The molecule has 128 valence electrons. The van der Waals surface area contributed by atoms with Crippen LogP contribution in [0.4, 0.5) is 11.4 Å². The molecule has 0 aromatic heterocycles. The van der Waals surface area contributed by atoms with E-state index < -0.39 is 0 Å². The van der Waals surface area contributed by atoms with E-state index in [0.717, 1.165) is 0 Å². The molecule has 0 saturated heterocycles. The van der Waals surface area contributed by atoms with Crippen LogP contribution < -0.4 is 15.1 Å². The molecule has 0 bridgehead atoms. The highest BCUT2D eigenvalue weighted by Gasteiger charge is 2.26. The van der Waals surface area contributed by atoms with Crippen LogP contribution in [0.3, 0.4) is 0 Å². The van der Waals surface area contributed by atoms with Crippen LogP contribution in [0.15, 0.2) is 53.6 Å². The summed E-state index contributed by atoms with van der Waals surface area (Å²) in [6.45, 7) is 0. The SMILES string of the molecule is COc1ccccc1NC(=O)C1=NN(c2ccc(Cl)cc2)C(=O)CC1. The second kappa shape index (κ2) is 7.36. The minimum absolute atomic E-state index is 0.170. The van der Waals surface area contributed by atoms with E-state index in [4.69, 9.17) is 16.3 Å². The summed E-state index contributed by atoms with van der Waals surface area (Å²) in [5.41, 5.74) is 1.39. The van der Waals surface area contributed by atoms with E-state index in [1.54, 1.807) is 42.5 Å². The molecular weight excluding hydrogens is 342 g/mol. The maximum absolute atomic E-state index is 12.5. The zero-order chi connectivity index (χ0) is 17.8. The lowest BCUT2D eigenvalue weighted by Crippen LogP contribution is -2.36. The molecule has 0 atom stereocenters. The summed E-state index contributed by atoms with van der Waals surface area (Å²) in [5.74, 6) is 0.0185. The number of ether oxygens (including phenoxy) is 1. The molecule has 0 saturated carbocycles. The van der Waals surface area contributed by atoms with Crippen molar-refractivity contribution in [1.82, 2.24) is 0 Å². The largest absolute Gasteiger partial charge is 0.495 e. The Bertz CT molecular complexity index is 834. The number of hydrogen-bond donors (Lipinski definition) is 1. The van der Waals surface area contributed by atoms with Gasteiger partial charge in [-0.05, 0) is 36.4 Å². The lowest BCUT2D eigenvalue weighted by Gasteiger charge is -2.23. The molecule has 25 heavy (non-hydrogen) atoms. The molecule has 0 aliphatic carbocycles. The van der Waals surface area contributed by atoms with Gasteiger partial charge in [-0.1, -0.05) is 23.7 Å². The van der Waals surface area contributed by atoms with Gasteiger partial charge in [0.05, 0.1) is 18.5 Å². The Labute approximate surface area is 150 Å². The third-order valence-corrected chi connectivity index (χ3v) is 3.97. The smallest absolute Gasteiger partial charge is 0.271 e. The first kappa shape index (κ1) is 17.0. The van der Waals surface area contributed by atoms with E-state index in [9.17, 15) is 9.59 Å². The normalized spacial score (nSPS) is 14.1. The first-order valence-corrected chi connectivity index (χ1v) is 8.06. The summed E-state index contributed by atoms with van der Waals surface area (Å²) in [4.78, 5) is 24.7. The Balaban J connectivity index is 1.83. The average molecular weight is 358 g/mol. The number of nitrogens with zero attached hydrogens (tertiary/aromatic N) is 2. The van der Waals surface area contributed by atoms with Gasteiger partial charge in [0.15, 0.2) is 0 Å². The number of carbonyl (C=O) groups excluding carboxylic acids is 2. The molecule has 2 aromatic carbocycles. The van der Waals surface area contributed by atoms with Gasteiger partial charge >= 0.3 is 0 Å². The van der Waals surface area contributed by atoms with Crippen molar-refractivity contribution in [3.63, 3.8) is 0 Å². The Hall–Kier alpha value is -2.86. The van der Waals surface area contributed by atoms with Gasteiger partial charge in [0.1, 0.15) is 11.5 Å². The van der Waals surface area contributed by atoms with Gasteiger partial charge in [-0.3, -0.25) is 9.59 Å². The van der Waals surface area contributed by atoms with Crippen molar-refractivity contribution in [3.05, 3.63) is 53.6 Å². The van der Waals surface area contributed by atoms with Crippen LogP contribution in [-0.2, 0) is 9.59 Å². The van der Waals surface area contributed by atoms with E-state index >= 15 is 0 Å². The fourth-order valence-electron chi connectivity index (χ4n) is 2.44. The number of halogens is 1. The Morgan fingerprint density at radius 1 is 1.16 bits per heavy atom. The van der Waals surface area contributed by atoms with Crippen molar-refractivity contribution in [1.29, 1.82) is 0 Å². The molecule has 1 N–H and O–H groups in total. The molecule has 0 radical (unpaired) electrons. The topological polar surface area (TPSA) is 71.0 Å². The number of methoxy groups -OCH3 is 1. The van der Waals surface area contributed by atoms with E-state index in [0.29, 0.717) is 22.1 Å². The molecule has 1 aliphatic heterocycles. The molecule has 0 spiro atoms. The summed E-state index contributed by atoms with van der Waals surface area (Å²) in [6.07, 6.45) is 0.491. The van der Waals surface area contributed by atoms with Crippen LogP contribution >= 0.6 is 11.6 Å². The minimum Gasteiger partial charge on any atom is -0.495 e. The summed E-state index contributed by atoms with van der Waals surface area (Å²) in [5, 5.41) is 8.79. The molecule has 2 amide bonds. The Morgan fingerprint density at radius 3 is 2.60 bits per heavy atom. The summed E-state index contributed by atoms with van der Waals surface area (Å²) < 4.78 is 5.22. The van der Waals surface area contributed by atoms with E-state index in [-0.39, 0.29) is 30.4 Å². The summed E-state index contributed by atoms with van der Waals surface area (Å²) in [7, 11) is 1.53. The van der Waals surface area contributed by atoms with Crippen molar-refractivity contribution in [2.24, 2.45) is 5.10 Å². The lowest BCUT2D eigenvalue weighted by atomic mass is 10.1. The standard InChI is InChI=1S/C18H16ClN3O3/c1-25-16-5-3-2-4-14(16)20-18(24)15-10-11-17(23)22(21-15)13-8-6-12(19)7-9-13/h2-9H,10-11H2,1H3,(H,20,24). The molecule has 1 heterocycles. The molecule has 0 unspecified atom stereocenters. The van der Waals surface area contributed by atoms with Gasteiger partial charge in [0.2, 0.25) is 5.91 Å². The molecule has 1 aliphatic rings. The van der Waals surface area contributed by atoms with Crippen molar-refractivity contribution < 1.29 is 14.3 Å². The highest BCUT2D eigenvalue weighted by atomic mass is 35.5. The van der Waals surface area contributed by atoms with Gasteiger partial charge in [-0.2, -0.15) is 5.10 Å². The van der Waals surface area contributed by atoms with Crippen LogP contribution in [0, 0.1) is 0 Å². The monoisotopic (exact) mass is 357 g/mol. The Kier molecular flexibility index (Phi) is 5.00. The van der Waals surface area contributed by atoms with Gasteiger partial charge in [-0.15, -0.1) is 0 Å². The maximum Gasteiger partial charge on any atom is 0.271 e. The number of rotatable bonds is 4. The third kappa shape index (κ3) is 3.80. The number of benzene rings is 2. The summed E-state index contributed by atoms with van der Waals surface area (Å²) >= 11 is 5.87. The number of amides is 2. The predicted octanol–water partition coefficient (Wildman–Crippen LogP) is 3.47. The average Bonchev–Trinajstić information content (AvgIpc) is 2.63. The van der Waals surface area contributed by atoms with Crippen molar-refractivity contribution in [2.45, 2.75) is 12.8 Å². The van der Waals surface area contributed by atoms with Crippen LogP contribution in [-0.4, -0.2) is 24.6 Å². The predicted molar refractivity (Wildman–Crippen MR) is 97.2 cm³/mol. The number of anilines is 2. The molecule has 2 aromatic rings. The fourth-order valence-corrected chi connectivity index (χ4v) is 2.57. The number of nitrogens with one attached hydrogen (secondary N) is 1. The molecule has 3 rings (SSSR count). The van der Waals surface area contributed by atoms with E-state index in [2.05, 4.69) is 10.4 Å². The first-order chi connectivity index (χ1) is 12.1. The molecular formula is C18H16ClN3O3. The minimum atomic E-state index is -0.365. The van der Waals surface area contributed by atoms with Gasteiger partial charge in [0.25, 0.3) is 5.91 Å². The van der Waals surface area contributed by atoms with E-state index in [1.165, 1.54) is 12.1 Å². The first-order valence-electron chi connectivity index (χ1n) is 7.69. The van der Waals surface area contributed by atoms with Gasteiger partial charge < -0.3 is 10.1 Å². The Morgan fingerprint density at radius 2 is 1.88 bits per heavy atom. The van der Waals surface area contributed by atoms with Gasteiger partial charge in [0, 0.05) is 17.9 Å². The quantitative estimate of drug-likeness (QED) is 0.910. The van der Waals surface area contributed by atoms with Crippen LogP contribution in [0.2, 0.25) is 5.02 Å². The number of para-hydroxylation sites is 2. The highest BCUT2D eigenvalue weighted by Crippen LogP contribution is 2.25. The van der Waals surface area contributed by atoms with Crippen molar-refractivity contribution >= 4 is 40.5 Å². The van der Waals surface area contributed by atoms with Crippen LogP contribution in [0.25, 0.3) is 0 Å². The second-order valence-electron chi connectivity index (χ2n) is 5.38. The number of carbonyl (C=O) groups is 2. The third-order valence-electron chi connectivity index (χ3n) is 3.72. The zero-order valence-corrected chi connectivity index (χ0v) is 14.3. The van der Waals surface area contributed by atoms with Crippen molar-refractivity contribution in [2.75, 3.05) is 17.4 Å². The number of hydrogen-bond acceptors (Lipinski definition) is 4. The van der Waals surface area contributed by atoms with E-state index in [1.807, 2.05) is 6.07 Å². The maximum atomic E-state index is 12.5. The number of hydrazone groups is 1. The zero-order valence-electron chi connectivity index (χ0n) is 13.5. The van der Waals surface area contributed by atoms with Crippen LogP contribution in [0.5, 0.6) is 5.75 Å². The molecule has 6 nitrogen and oxygen atoms in total. The van der Waals surface area contributed by atoms with Crippen LogP contribution in [0.1, 0.15) is 12.8 Å². The molecule has 7 heteroatoms. The highest BCUT2D eigenvalue weighted by molar-refractivity contribution is 6.44. The summed E-state index contributed by atoms with van der Waals surface area (Å²) in [6, 6.07) is 13.8. The molecule has 0 fully saturated rings. The fraction of sp³-hybridized carbons (Fsp3) is 0.167. The second-order valence-corrected chi connectivity index (χ2v) is 5.82.